The van der Waals surface area contributed by atoms with Crippen molar-refractivity contribution in [1.29, 1.82) is 0 Å². The summed E-state index contributed by atoms with van der Waals surface area (Å²) in [5.41, 5.74) is -0.537. The average Bonchev–Trinajstić information content (AvgIpc) is 2.80. The van der Waals surface area contributed by atoms with Crippen LogP contribution in [0.1, 0.15) is 46.5 Å². The fourth-order valence-electron chi connectivity index (χ4n) is 2.75. The van der Waals surface area contributed by atoms with Crippen molar-refractivity contribution in [3.05, 3.63) is 0 Å². The number of ether oxygens (including phenoxy) is 1. The molecule has 7 heteroatoms. The van der Waals surface area contributed by atoms with E-state index in [0.717, 1.165) is 6.42 Å². The highest BCUT2D eigenvalue weighted by Gasteiger charge is 2.34. The van der Waals surface area contributed by atoms with Gasteiger partial charge in [-0.2, -0.15) is 13.2 Å². The lowest BCUT2D eigenvalue weighted by molar-refractivity contribution is -0.136. The second-order valence-electron chi connectivity index (χ2n) is 6.88. The smallest absolute Gasteiger partial charge is 0.410 e. The largest absolute Gasteiger partial charge is 0.444 e. The number of amides is 1. The maximum Gasteiger partial charge on any atom is 0.410 e. The number of nitrogens with one attached hydrogen (secondary N) is 1. The molecular formula is C15H27F3N2O2. The summed E-state index contributed by atoms with van der Waals surface area (Å²) >= 11 is 0. The number of alkyl halides is 3. The molecule has 1 aliphatic heterocycles. The van der Waals surface area contributed by atoms with E-state index in [4.69, 9.17) is 4.74 Å². The first kappa shape index (κ1) is 19.1. The molecule has 1 saturated heterocycles. The average molecular weight is 324 g/mol. The van der Waals surface area contributed by atoms with Crippen LogP contribution in [0.25, 0.3) is 0 Å². The van der Waals surface area contributed by atoms with Crippen molar-refractivity contribution in [3.63, 3.8) is 0 Å². The lowest BCUT2D eigenvalue weighted by Crippen LogP contribution is -2.38. The SMILES string of the molecule is CNC(CCCC(F)(F)F)C1CCN(C(=O)OC(C)(C)C)C1. The van der Waals surface area contributed by atoms with Gasteiger partial charge in [0.2, 0.25) is 0 Å². The third-order valence-electron chi connectivity index (χ3n) is 3.79. The molecule has 0 aromatic heterocycles. The zero-order valence-electron chi connectivity index (χ0n) is 13.8. The summed E-state index contributed by atoms with van der Waals surface area (Å²) < 4.78 is 42.0. The summed E-state index contributed by atoms with van der Waals surface area (Å²) in [5, 5.41) is 3.09. The van der Waals surface area contributed by atoms with Gasteiger partial charge in [0, 0.05) is 25.6 Å². The minimum absolute atomic E-state index is 0.00483. The van der Waals surface area contributed by atoms with Gasteiger partial charge in [0.15, 0.2) is 0 Å². The molecule has 1 heterocycles. The predicted molar refractivity (Wildman–Crippen MR) is 78.7 cm³/mol. The molecule has 22 heavy (non-hydrogen) atoms. The van der Waals surface area contributed by atoms with Gasteiger partial charge in [-0.3, -0.25) is 0 Å². The van der Waals surface area contributed by atoms with Gasteiger partial charge in [-0.15, -0.1) is 0 Å². The van der Waals surface area contributed by atoms with Crippen LogP contribution >= 0.6 is 0 Å². The number of likely N-dealkylation sites (tertiary alicyclic amines) is 1. The summed E-state index contributed by atoms with van der Waals surface area (Å²) in [5.74, 6) is 0.172. The van der Waals surface area contributed by atoms with Crippen LogP contribution in [0.5, 0.6) is 0 Å². The molecule has 2 unspecified atom stereocenters. The Morgan fingerprint density at radius 3 is 2.50 bits per heavy atom. The van der Waals surface area contributed by atoms with Crippen LogP contribution in [0, 0.1) is 5.92 Å². The van der Waals surface area contributed by atoms with Gasteiger partial charge in [-0.25, -0.2) is 4.79 Å². The summed E-state index contributed by atoms with van der Waals surface area (Å²) in [6.07, 6.45) is -3.85. The van der Waals surface area contributed by atoms with Crippen LogP contribution in [-0.4, -0.2) is 48.9 Å². The van der Waals surface area contributed by atoms with Crippen molar-refractivity contribution in [2.45, 2.75) is 64.3 Å². The van der Waals surface area contributed by atoms with Crippen molar-refractivity contribution in [3.8, 4) is 0 Å². The normalized spacial score (nSPS) is 21.0. The van der Waals surface area contributed by atoms with Crippen molar-refractivity contribution < 1.29 is 22.7 Å². The lowest BCUT2D eigenvalue weighted by atomic mass is 9.94. The maximum atomic E-state index is 12.2. The Morgan fingerprint density at radius 1 is 1.36 bits per heavy atom. The Labute approximate surface area is 130 Å². The molecule has 1 fully saturated rings. The van der Waals surface area contributed by atoms with Gasteiger partial charge in [0.25, 0.3) is 0 Å². The van der Waals surface area contributed by atoms with E-state index in [9.17, 15) is 18.0 Å². The highest BCUT2D eigenvalue weighted by Crippen LogP contribution is 2.27. The molecular weight excluding hydrogens is 297 g/mol. The highest BCUT2D eigenvalue weighted by molar-refractivity contribution is 5.68. The monoisotopic (exact) mass is 324 g/mol. The first-order chi connectivity index (χ1) is 10.0. The van der Waals surface area contributed by atoms with Crippen LogP contribution in [0.15, 0.2) is 0 Å². The van der Waals surface area contributed by atoms with E-state index in [1.807, 2.05) is 20.8 Å². The summed E-state index contributed by atoms with van der Waals surface area (Å²) in [6, 6.07) is -0.00483. The standard InChI is InChI=1S/C15H27F3N2O2/c1-14(2,3)22-13(21)20-9-7-11(10-20)12(19-4)6-5-8-15(16,17)18/h11-12,19H,5-10H2,1-4H3. The van der Waals surface area contributed by atoms with E-state index < -0.39 is 18.2 Å². The van der Waals surface area contributed by atoms with Crippen molar-refractivity contribution in [2.24, 2.45) is 5.92 Å². The number of halogens is 3. The molecule has 1 N–H and O–H groups in total. The number of carbonyl (C=O) groups is 1. The van der Waals surface area contributed by atoms with Crippen LogP contribution in [-0.2, 0) is 4.74 Å². The van der Waals surface area contributed by atoms with E-state index in [1.165, 1.54) is 0 Å². The minimum Gasteiger partial charge on any atom is -0.444 e. The van der Waals surface area contributed by atoms with Gasteiger partial charge in [0.1, 0.15) is 5.60 Å². The minimum atomic E-state index is -4.10. The quantitative estimate of drug-likeness (QED) is 0.841. The van der Waals surface area contributed by atoms with E-state index in [1.54, 1.807) is 11.9 Å². The fourth-order valence-corrected chi connectivity index (χ4v) is 2.75. The summed E-state index contributed by atoms with van der Waals surface area (Å²) in [6.45, 7) is 6.56. The molecule has 2 atom stereocenters. The number of rotatable bonds is 5. The van der Waals surface area contributed by atoms with Crippen LogP contribution in [0.3, 0.4) is 0 Å². The van der Waals surface area contributed by atoms with E-state index in [0.29, 0.717) is 19.5 Å². The molecule has 0 bridgehead atoms. The van der Waals surface area contributed by atoms with Gasteiger partial charge >= 0.3 is 12.3 Å². The van der Waals surface area contributed by atoms with E-state index in [-0.39, 0.29) is 24.5 Å². The Hall–Kier alpha value is -0.980. The second-order valence-corrected chi connectivity index (χ2v) is 6.88. The van der Waals surface area contributed by atoms with Crippen LogP contribution in [0.4, 0.5) is 18.0 Å². The molecule has 0 radical (unpaired) electrons. The summed E-state index contributed by atoms with van der Waals surface area (Å²) in [4.78, 5) is 13.6. The molecule has 0 aliphatic carbocycles. The third kappa shape index (κ3) is 6.85. The van der Waals surface area contributed by atoms with Gasteiger partial charge < -0.3 is 15.0 Å². The van der Waals surface area contributed by atoms with E-state index >= 15 is 0 Å². The number of hydrogen-bond acceptors (Lipinski definition) is 3. The fraction of sp³-hybridized carbons (Fsp3) is 0.933. The zero-order chi connectivity index (χ0) is 17.0. The molecule has 4 nitrogen and oxygen atoms in total. The van der Waals surface area contributed by atoms with Gasteiger partial charge in [-0.05, 0) is 53.0 Å². The molecule has 1 amide bonds. The second kappa shape index (κ2) is 7.53. The van der Waals surface area contributed by atoms with Crippen molar-refractivity contribution >= 4 is 6.09 Å². The lowest BCUT2D eigenvalue weighted by Gasteiger charge is -2.26. The molecule has 0 aromatic rings. The van der Waals surface area contributed by atoms with Crippen LogP contribution in [0.2, 0.25) is 0 Å². The summed E-state index contributed by atoms with van der Waals surface area (Å²) in [7, 11) is 1.76. The molecule has 1 rings (SSSR count). The Morgan fingerprint density at radius 2 is 2.00 bits per heavy atom. The molecule has 0 saturated carbocycles. The van der Waals surface area contributed by atoms with E-state index in [2.05, 4.69) is 5.32 Å². The Balaban J connectivity index is 2.44. The van der Waals surface area contributed by atoms with Crippen molar-refractivity contribution in [1.82, 2.24) is 10.2 Å². The van der Waals surface area contributed by atoms with Crippen LogP contribution < -0.4 is 5.32 Å². The molecule has 0 spiro atoms. The topological polar surface area (TPSA) is 41.6 Å². The highest BCUT2D eigenvalue weighted by atomic mass is 19.4. The molecule has 1 aliphatic rings. The third-order valence-corrected chi connectivity index (χ3v) is 3.79. The predicted octanol–water partition coefficient (Wildman–Crippen LogP) is 3.56. The first-order valence-corrected chi connectivity index (χ1v) is 7.74. The molecule has 0 aromatic carbocycles. The van der Waals surface area contributed by atoms with Gasteiger partial charge in [0.05, 0.1) is 0 Å². The number of nitrogens with zero attached hydrogens (tertiary/aromatic N) is 1. The first-order valence-electron chi connectivity index (χ1n) is 7.74. The van der Waals surface area contributed by atoms with Crippen molar-refractivity contribution in [2.75, 3.05) is 20.1 Å². The Kier molecular flexibility index (Phi) is 6.52. The number of carbonyl (C=O) groups excluding carboxylic acids is 1. The van der Waals surface area contributed by atoms with Gasteiger partial charge in [-0.1, -0.05) is 0 Å². The maximum absolute atomic E-state index is 12.2. The zero-order valence-corrected chi connectivity index (χ0v) is 13.8. The molecule has 130 valence electrons. The Bertz CT molecular complexity index is 367. The number of hydrogen-bond donors (Lipinski definition) is 1.